The Morgan fingerprint density at radius 2 is 0.558 bits per heavy atom. The average molecular weight is 1060 g/mol. The number of aromatic amines is 2. The third kappa shape index (κ3) is 7.88. The van der Waals surface area contributed by atoms with Crippen molar-refractivity contribution in [2.24, 2.45) is 0 Å². The van der Waals surface area contributed by atoms with Crippen LogP contribution in [0.15, 0.2) is 164 Å². The molecular formula is C64H53CuN8O4. The predicted octanol–water partition coefficient (Wildman–Crippen LogP) is 14.6. The first-order chi connectivity index (χ1) is 37.3. The molecule has 77 heavy (non-hydrogen) atoms. The fourth-order valence-electron chi connectivity index (χ4n) is 9.98. The van der Waals surface area contributed by atoms with Gasteiger partial charge in [-0.05, 0) is 0 Å². The van der Waals surface area contributed by atoms with Crippen LogP contribution >= 0.6 is 0 Å². The van der Waals surface area contributed by atoms with E-state index >= 15 is 0 Å². The first kappa shape index (κ1) is 47.5. The minimum absolute atomic E-state index is 0.372. The second kappa shape index (κ2) is 18.0. The first-order valence-electron chi connectivity index (χ1n) is 25.3. The Balaban J connectivity index is 1.18. The Morgan fingerprint density at radius 1 is 0.286 bits per heavy atom. The van der Waals surface area contributed by atoms with Crippen LogP contribution in [0, 0.1) is 55.4 Å². The number of nitrogens with zero attached hydrogens (tertiary/aromatic N) is 6. The van der Waals surface area contributed by atoms with Crippen LogP contribution in [0.2, 0.25) is 0 Å². The monoisotopic (exact) mass is 1060 g/mol. The number of benzene rings is 8. The van der Waals surface area contributed by atoms with E-state index in [0.717, 1.165) is 77.2 Å². The maximum atomic E-state index is 7.91. The molecule has 0 unspecified atom stereocenters. The van der Waals surface area contributed by atoms with E-state index in [1.807, 2.05) is 219 Å². The van der Waals surface area contributed by atoms with Gasteiger partial charge in [-0.25, -0.2) is 0 Å². The van der Waals surface area contributed by atoms with Crippen molar-refractivity contribution in [2.75, 3.05) is 0 Å². The molecule has 12 nitrogen and oxygen atoms in total. The van der Waals surface area contributed by atoms with Crippen molar-refractivity contribution in [1.82, 2.24) is 39.9 Å². The number of rotatable bonds is 9. The Bertz CT molecular complexity index is 4140. The molecule has 0 spiro atoms. The standard InChI is InChI=1S/C32H17N8.4C8H10O.Cu/c1-2-10-18-17(9-1)25-33-26(18)38-28-21-13-5-6-14-22(21)30(35-28)40-32-24-16-8-7-15-23(24)31(36-32)39-29-20-12-4-3-11-19(20)27(34-29)37-25;4*1-6-4-3-5-7(2)8(6)9;/h1-7,9-16H,(H2,33,34,35,36,37,38,39,40);4*3-5,9H,1-2H3;/q;;;;;+4/p-4. The predicted molar refractivity (Wildman–Crippen MR) is 302 cm³/mol. The molecule has 13 rings (SSSR count). The van der Waals surface area contributed by atoms with E-state index in [1.54, 1.807) is 0 Å². The normalized spacial score (nSPS) is 12.4. The fraction of sp³-hybridized carbons (Fsp3) is 0.125. The topological polar surface area (TPSA) is 146 Å². The molecule has 0 saturated carbocycles. The van der Waals surface area contributed by atoms with E-state index in [2.05, 4.69) is 9.97 Å². The molecule has 0 amide bonds. The van der Waals surface area contributed by atoms with Crippen LogP contribution in [0.4, 0.5) is 0 Å². The quantitative estimate of drug-likeness (QED) is 0.134. The molecule has 0 fully saturated rings. The van der Waals surface area contributed by atoms with Crippen molar-refractivity contribution in [2.45, 2.75) is 55.4 Å². The maximum absolute atomic E-state index is 7.91. The fourth-order valence-corrected chi connectivity index (χ4v) is 13.9. The molecular weight excluding hydrogens is 1010 g/mol. The van der Waals surface area contributed by atoms with Crippen molar-refractivity contribution >= 4 is 48.6 Å². The second-order valence-electron chi connectivity index (χ2n) is 19.6. The van der Waals surface area contributed by atoms with Crippen LogP contribution in [0.5, 0.6) is 23.0 Å². The minimum atomic E-state index is -5.07. The summed E-state index contributed by atoms with van der Waals surface area (Å²) in [7, 11) is 0. The first-order valence-corrected chi connectivity index (χ1v) is 27.3. The van der Waals surface area contributed by atoms with Crippen LogP contribution in [-0.4, -0.2) is 39.9 Å². The summed E-state index contributed by atoms with van der Waals surface area (Å²) in [5.41, 5.74) is 12.2. The van der Waals surface area contributed by atoms with Gasteiger partial charge in [0.2, 0.25) is 0 Å². The van der Waals surface area contributed by atoms with Gasteiger partial charge in [-0.2, -0.15) is 0 Å². The van der Waals surface area contributed by atoms with E-state index in [4.69, 9.17) is 45.2 Å². The van der Waals surface area contributed by atoms with E-state index in [-0.39, 0.29) is 0 Å². The van der Waals surface area contributed by atoms with Gasteiger partial charge in [0.1, 0.15) is 0 Å². The van der Waals surface area contributed by atoms with E-state index in [9.17, 15) is 0 Å². The van der Waals surface area contributed by atoms with Gasteiger partial charge in [-0.3, -0.25) is 0 Å². The van der Waals surface area contributed by atoms with Crippen LogP contribution in [0.25, 0.3) is 89.7 Å². The number of aromatic nitrogens is 8. The molecule has 0 aliphatic carbocycles. The number of hydrogen-bond donors (Lipinski definition) is 2. The Kier molecular flexibility index (Phi) is 11.1. The molecule has 0 atom stereocenters. The number of H-pyrrole nitrogens is 2. The van der Waals surface area contributed by atoms with Crippen molar-refractivity contribution in [3.8, 4) is 68.5 Å². The van der Waals surface area contributed by atoms with Gasteiger partial charge in [0, 0.05) is 0 Å². The summed E-state index contributed by atoms with van der Waals surface area (Å²) in [4.78, 5) is 38.8. The van der Waals surface area contributed by atoms with Crippen LogP contribution in [0.1, 0.15) is 44.5 Å². The van der Waals surface area contributed by atoms with Crippen LogP contribution in [0.3, 0.4) is 0 Å². The summed E-state index contributed by atoms with van der Waals surface area (Å²) in [6.45, 7) is 16.2. The Labute approximate surface area is 446 Å². The van der Waals surface area contributed by atoms with Gasteiger partial charge in [0.25, 0.3) is 0 Å². The molecule has 384 valence electrons. The average Bonchev–Trinajstić information content (AvgIpc) is 4.30. The molecule has 2 N–H and O–H groups in total. The summed E-state index contributed by atoms with van der Waals surface area (Å²) in [5, 5.41) is 3.44. The Morgan fingerprint density at radius 3 is 0.870 bits per heavy atom. The Hall–Kier alpha value is -9.16. The molecule has 5 heterocycles. The summed E-state index contributed by atoms with van der Waals surface area (Å²) in [6, 6.07) is 54.3. The number of fused-ring (bicyclic) bond motifs is 20. The van der Waals surface area contributed by atoms with E-state index < -0.39 is 13.1 Å². The number of hydrogen-bond acceptors (Lipinski definition) is 10. The van der Waals surface area contributed by atoms with E-state index in [0.29, 0.717) is 84.5 Å². The second-order valence-corrected chi connectivity index (χ2v) is 22.6. The van der Waals surface area contributed by atoms with Gasteiger partial charge >= 0.3 is 431 Å². The van der Waals surface area contributed by atoms with Crippen LogP contribution in [-0.2, 0) is 13.1 Å². The zero-order valence-corrected chi connectivity index (χ0v) is 44.6. The SMILES string of the molecule is Cc1cccc(C)c1[O][Cu]([O]c1c(C)cccc1C)([O]c1c(C)cccc1C)([O]c1c(C)cccc1C)[c]1ccc2c(c1)-c1nc-2nc2[nH]c(nc3nc(nc4[nH]c(n1)c1ccccc41)-c1ccccc1-3)c1ccccc21. The van der Waals surface area contributed by atoms with Crippen molar-refractivity contribution in [1.29, 1.82) is 0 Å². The summed E-state index contributed by atoms with van der Waals surface area (Å²) in [5.74, 6) is 4.04. The molecule has 8 bridgehead atoms. The molecule has 3 aromatic heterocycles. The molecule has 0 radical (unpaired) electrons. The van der Waals surface area contributed by atoms with Crippen LogP contribution < -0.4 is 19.7 Å². The number of para-hydroxylation sites is 4. The van der Waals surface area contributed by atoms with Gasteiger partial charge in [-0.1, -0.05) is 18.2 Å². The zero-order valence-electron chi connectivity index (χ0n) is 43.7. The summed E-state index contributed by atoms with van der Waals surface area (Å²) in [6.07, 6.45) is 0. The molecule has 8 aromatic carbocycles. The van der Waals surface area contributed by atoms with Crippen molar-refractivity contribution in [3.63, 3.8) is 0 Å². The molecule has 11 aromatic rings. The zero-order chi connectivity index (χ0) is 52.8. The third-order valence-corrected chi connectivity index (χ3v) is 17.4. The molecule has 0 saturated heterocycles. The summed E-state index contributed by atoms with van der Waals surface area (Å²) < 4.78 is 32.1. The van der Waals surface area contributed by atoms with E-state index in [1.165, 1.54) is 0 Å². The van der Waals surface area contributed by atoms with Gasteiger partial charge in [0.05, 0.1) is 0 Å². The van der Waals surface area contributed by atoms with Gasteiger partial charge in [0.15, 0.2) is 0 Å². The molecule has 2 aliphatic rings. The van der Waals surface area contributed by atoms with Gasteiger partial charge in [-0.15, -0.1) is 0 Å². The third-order valence-electron chi connectivity index (χ3n) is 14.1. The molecule has 13 heteroatoms. The number of aryl methyl sites for hydroxylation is 8. The van der Waals surface area contributed by atoms with Crippen molar-refractivity contribution in [3.05, 3.63) is 208 Å². The number of nitrogens with one attached hydrogen (secondary N) is 2. The molecule has 2 aliphatic heterocycles. The van der Waals surface area contributed by atoms with Crippen molar-refractivity contribution < 1.29 is 28.4 Å². The van der Waals surface area contributed by atoms with Gasteiger partial charge < -0.3 is 0 Å². The summed E-state index contributed by atoms with van der Waals surface area (Å²) >= 11 is -5.07.